The lowest BCUT2D eigenvalue weighted by Gasteiger charge is -2.19. The first kappa shape index (κ1) is 16.2. The summed E-state index contributed by atoms with van der Waals surface area (Å²) in [5.74, 6) is -0.213. The van der Waals surface area contributed by atoms with Crippen molar-refractivity contribution in [1.82, 2.24) is 5.32 Å². The van der Waals surface area contributed by atoms with E-state index in [4.69, 9.17) is 5.73 Å². The number of nitrogens with one attached hydrogen (secondary N) is 1. The number of carbonyl (C=O) groups is 1. The average molecular weight is 256 g/mol. The van der Waals surface area contributed by atoms with Crippen LogP contribution in [0.3, 0.4) is 0 Å². The second-order valence-electron chi connectivity index (χ2n) is 3.99. The minimum atomic E-state index is -4.35. The highest BCUT2D eigenvalue weighted by atomic mass is 19.4. The number of amides is 1. The maximum Gasteiger partial charge on any atom is 0.411 e. The normalized spacial score (nSPS) is 15.4. The van der Waals surface area contributed by atoms with Crippen LogP contribution in [-0.4, -0.2) is 37.9 Å². The van der Waals surface area contributed by atoms with Crippen molar-refractivity contribution in [3.63, 3.8) is 0 Å². The Morgan fingerprint density at radius 2 is 2.00 bits per heavy atom. The smallest absolute Gasteiger partial charge is 0.372 e. The molecule has 4 nitrogen and oxygen atoms in total. The van der Waals surface area contributed by atoms with Gasteiger partial charge in [0.15, 0.2) is 0 Å². The molecule has 0 aliphatic heterocycles. The van der Waals surface area contributed by atoms with E-state index >= 15 is 0 Å². The van der Waals surface area contributed by atoms with Crippen LogP contribution in [0.25, 0.3) is 0 Å². The molecule has 102 valence electrons. The molecular formula is C10H19F3N2O2. The van der Waals surface area contributed by atoms with Gasteiger partial charge >= 0.3 is 6.18 Å². The van der Waals surface area contributed by atoms with E-state index in [2.05, 4.69) is 10.1 Å². The summed E-state index contributed by atoms with van der Waals surface area (Å²) >= 11 is 0. The van der Waals surface area contributed by atoms with Crippen molar-refractivity contribution in [2.24, 2.45) is 11.7 Å². The molecule has 2 unspecified atom stereocenters. The predicted molar refractivity (Wildman–Crippen MR) is 57.3 cm³/mol. The molecule has 0 aromatic heterocycles. The summed E-state index contributed by atoms with van der Waals surface area (Å²) in [7, 11) is 0. The topological polar surface area (TPSA) is 64.3 Å². The molecule has 0 aliphatic rings. The van der Waals surface area contributed by atoms with Crippen molar-refractivity contribution < 1.29 is 22.7 Å². The van der Waals surface area contributed by atoms with Gasteiger partial charge in [0.1, 0.15) is 6.61 Å². The molecule has 0 spiro atoms. The second kappa shape index (κ2) is 7.50. The number of hydrogen-bond donors (Lipinski definition) is 2. The molecule has 0 heterocycles. The molecule has 0 saturated carbocycles. The van der Waals surface area contributed by atoms with Crippen molar-refractivity contribution in [3.8, 4) is 0 Å². The number of hydrogen-bond acceptors (Lipinski definition) is 3. The lowest BCUT2D eigenvalue weighted by atomic mass is 10.0. The Labute approximate surface area is 98.7 Å². The number of halogens is 3. The molecule has 0 saturated heterocycles. The summed E-state index contributed by atoms with van der Waals surface area (Å²) in [6.45, 7) is 2.55. The molecule has 0 aromatic rings. The third-order valence-electron chi connectivity index (χ3n) is 2.35. The molecule has 0 fully saturated rings. The van der Waals surface area contributed by atoms with Gasteiger partial charge in [-0.1, -0.05) is 6.92 Å². The van der Waals surface area contributed by atoms with Crippen LogP contribution in [0.15, 0.2) is 0 Å². The first-order valence-electron chi connectivity index (χ1n) is 5.40. The zero-order chi connectivity index (χ0) is 13.5. The van der Waals surface area contributed by atoms with E-state index in [9.17, 15) is 18.0 Å². The first-order chi connectivity index (χ1) is 7.76. The van der Waals surface area contributed by atoms with E-state index in [1.807, 2.05) is 6.92 Å². The molecule has 2 atom stereocenters. The summed E-state index contributed by atoms with van der Waals surface area (Å²) in [4.78, 5) is 11.3. The average Bonchev–Trinajstić information content (AvgIpc) is 2.21. The SMILES string of the molecule is CC(CN)C(C)NC(=O)CCOCC(F)(F)F. The Kier molecular flexibility index (Phi) is 7.13. The summed E-state index contributed by atoms with van der Waals surface area (Å²) in [6, 6.07) is -0.102. The standard InChI is InChI=1S/C10H19F3N2O2/c1-7(5-14)8(2)15-9(16)3-4-17-6-10(11,12)13/h7-8H,3-6,14H2,1-2H3,(H,15,16). The monoisotopic (exact) mass is 256 g/mol. The molecule has 0 aliphatic carbocycles. The highest BCUT2D eigenvalue weighted by Crippen LogP contribution is 2.14. The summed E-state index contributed by atoms with van der Waals surface area (Å²) in [5.41, 5.74) is 5.42. The third kappa shape index (κ3) is 8.93. The lowest BCUT2D eigenvalue weighted by molar-refractivity contribution is -0.174. The van der Waals surface area contributed by atoms with Crippen LogP contribution < -0.4 is 11.1 Å². The van der Waals surface area contributed by atoms with Gasteiger partial charge in [-0.05, 0) is 19.4 Å². The Morgan fingerprint density at radius 1 is 1.41 bits per heavy atom. The number of carbonyl (C=O) groups excluding carboxylic acids is 1. The molecule has 0 radical (unpaired) electrons. The van der Waals surface area contributed by atoms with Gasteiger partial charge in [-0.25, -0.2) is 0 Å². The summed E-state index contributed by atoms with van der Waals surface area (Å²) < 4.78 is 39.4. The number of ether oxygens (including phenoxy) is 1. The van der Waals surface area contributed by atoms with Crippen LogP contribution in [0.2, 0.25) is 0 Å². The van der Waals surface area contributed by atoms with Crippen LogP contribution >= 0.6 is 0 Å². The van der Waals surface area contributed by atoms with Gasteiger partial charge < -0.3 is 15.8 Å². The highest BCUT2D eigenvalue weighted by Gasteiger charge is 2.27. The van der Waals surface area contributed by atoms with E-state index < -0.39 is 12.8 Å². The van der Waals surface area contributed by atoms with E-state index in [1.165, 1.54) is 0 Å². The van der Waals surface area contributed by atoms with Crippen molar-refractivity contribution in [3.05, 3.63) is 0 Å². The Bertz CT molecular complexity index is 234. The van der Waals surface area contributed by atoms with E-state index in [0.717, 1.165) is 0 Å². The fourth-order valence-electron chi connectivity index (χ4n) is 1.03. The van der Waals surface area contributed by atoms with Gasteiger partial charge in [-0.15, -0.1) is 0 Å². The van der Waals surface area contributed by atoms with Gasteiger partial charge in [0.2, 0.25) is 5.91 Å². The molecule has 7 heteroatoms. The first-order valence-corrected chi connectivity index (χ1v) is 5.40. The van der Waals surface area contributed by atoms with E-state index in [1.54, 1.807) is 6.92 Å². The van der Waals surface area contributed by atoms with Crippen molar-refractivity contribution >= 4 is 5.91 Å². The van der Waals surface area contributed by atoms with Gasteiger partial charge in [0.05, 0.1) is 6.61 Å². The predicted octanol–water partition coefficient (Wildman–Crippen LogP) is 1.05. The zero-order valence-corrected chi connectivity index (χ0v) is 10.0. The third-order valence-corrected chi connectivity index (χ3v) is 2.35. The van der Waals surface area contributed by atoms with Crippen molar-refractivity contribution in [2.45, 2.75) is 32.5 Å². The van der Waals surface area contributed by atoms with Crippen LogP contribution in [-0.2, 0) is 9.53 Å². The van der Waals surface area contributed by atoms with Gasteiger partial charge in [0.25, 0.3) is 0 Å². The highest BCUT2D eigenvalue weighted by molar-refractivity contribution is 5.76. The number of nitrogens with two attached hydrogens (primary N) is 1. The van der Waals surface area contributed by atoms with Crippen molar-refractivity contribution in [2.75, 3.05) is 19.8 Å². The van der Waals surface area contributed by atoms with Crippen LogP contribution in [0.1, 0.15) is 20.3 Å². The van der Waals surface area contributed by atoms with Crippen LogP contribution in [0, 0.1) is 5.92 Å². The van der Waals surface area contributed by atoms with Crippen LogP contribution in [0.5, 0.6) is 0 Å². The molecule has 17 heavy (non-hydrogen) atoms. The van der Waals surface area contributed by atoms with E-state index in [0.29, 0.717) is 6.54 Å². The number of alkyl halides is 3. The summed E-state index contributed by atoms with van der Waals surface area (Å²) in [5, 5.41) is 2.65. The lowest BCUT2D eigenvalue weighted by Crippen LogP contribution is -2.40. The maximum absolute atomic E-state index is 11.7. The Hall–Kier alpha value is -0.820. The van der Waals surface area contributed by atoms with E-state index in [-0.39, 0.29) is 30.9 Å². The molecular weight excluding hydrogens is 237 g/mol. The summed E-state index contributed by atoms with van der Waals surface area (Å²) in [6.07, 6.45) is -4.43. The fraction of sp³-hybridized carbons (Fsp3) is 0.900. The Balaban J connectivity index is 3.67. The van der Waals surface area contributed by atoms with Crippen LogP contribution in [0.4, 0.5) is 13.2 Å². The van der Waals surface area contributed by atoms with Gasteiger partial charge in [0, 0.05) is 12.5 Å². The largest absolute Gasteiger partial charge is 0.411 e. The minimum Gasteiger partial charge on any atom is -0.372 e. The zero-order valence-electron chi connectivity index (χ0n) is 10.0. The molecule has 1 amide bonds. The minimum absolute atomic E-state index is 0.0856. The molecule has 0 rings (SSSR count). The molecule has 3 N–H and O–H groups in total. The van der Waals surface area contributed by atoms with Gasteiger partial charge in [-0.2, -0.15) is 13.2 Å². The fourth-order valence-corrected chi connectivity index (χ4v) is 1.03. The van der Waals surface area contributed by atoms with Gasteiger partial charge in [-0.3, -0.25) is 4.79 Å². The maximum atomic E-state index is 11.7. The Morgan fingerprint density at radius 3 is 2.47 bits per heavy atom. The quantitative estimate of drug-likeness (QED) is 0.669. The molecule has 0 bridgehead atoms. The number of rotatable bonds is 7. The second-order valence-corrected chi connectivity index (χ2v) is 3.99. The van der Waals surface area contributed by atoms with Crippen molar-refractivity contribution in [1.29, 1.82) is 0 Å². The molecule has 0 aromatic carbocycles.